The van der Waals surface area contributed by atoms with E-state index < -0.39 is 11.6 Å². The molecule has 0 aliphatic heterocycles. The highest BCUT2D eigenvalue weighted by Gasteiger charge is 2.23. The number of aryl methyl sites for hydroxylation is 3. The van der Waals surface area contributed by atoms with Crippen LogP contribution in [0.5, 0.6) is 57.5 Å². The van der Waals surface area contributed by atoms with Gasteiger partial charge in [-0.05, 0) is 117 Å². The second-order valence-corrected chi connectivity index (χ2v) is 17.5. The summed E-state index contributed by atoms with van der Waals surface area (Å²) in [6, 6.07) is 23.6. The van der Waals surface area contributed by atoms with Crippen molar-refractivity contribution < 1.29 is 59.8 Å². The predicted molar refractivity (Wildman–Crippen MR) is 263 cm³/mol. The Kier molecular flexibility index (Phi) is 20.5. The van der Waals surface area contributed by atoms with Crippen LogP contribution in [0.25, 0.3) is 0 Å². The maximum Gasteiger partial charge on any atom is 0.134 e. The van der Waals surface area contributed by atoms with Crippen molar-refractivity contribution in [3.63, 3.8) is 0 Å². The van der Waals surface area contributed by atoms with E-state index in [1.54, 1.807) is 25.1 Å². The van der Waals surface area contributed by atoms with Crippen LogP contribution in [0.4, 0.5) is 8.78 Å². The second kappa shape index (κ2) is 25.9. The third kappa shape index (κ3) is 15.6. The molecule has 2 fully saturated rings. The van der Waals surface area contributed by atoms with E-state index in [-0.39, 0.29) is 69.0 Å². The van der Waals surface area contributed by atoms with Crippen LogP contribution in [0.15, 0.2) is 91.0 Å². The molecule has 366 valence electrons. The lowest BCUT2D eigenvalue weighted by Crippen LogP contribution is -2.06. The quantitative estimate of drug-likeness (QED) is 0.0766. The molecule has 0 spiro atoms. The maximum absolute atomic E-state index is 13.6. The Labute approximate surface area is 398 Å². The SMILES string of the molecule is CCc1c(C)cc(O)cc1O.CCc1c(O)cc(O)cc1F.Cc1cc(O)cc(O)c1C1CCCCC1.Cc1cc(O)cc(O)c1Cc1ccccc1.Oc1cc(O)c(C2CCCCC2)c(F)c1. The van der Waals surface area contributed by atoms with Gasteiger partial charge in [0.25, 0.3) is 0 Å². The fourth-order valence-corrected chi connectivity index (χ4v) is 9.08. The average molecular weight is 939 g/mol. The van der Waals surface area contributed by atoms with Gasteiger partial charge in [-0.3, -0.25) is 0 Å². The molecular formula is C56H68F2O10. The van der Waals surface area contributed by atoms with Crippen LogP contribution in [-0.4, -0.2) is 51.1 Å². The smallest absolute Gasteiger partial charge is 0.134 e. The summed E-state index contributed by atoms with van der Waals surface area (Å²) in [5.74, 6) is -0.242. The topological polar surface area (TPSA) is 202 Å². The van der Waals surface area contributed by atoms with Crippen molar-refractivity contribution in [3.8, 4) is 57.5 Å². The van der Waals surface area contributed by atoms with Gasteiger partial charge in [-0.15, -0.1) is 0 Å². The standard InChI is InChI=1S/C14H14O2.C13H18O2.C12H15FO2.C9H12O2.C8H9FO2/c1-10-7-12(15)9-14(16)13(10)8-11-5-3-2-4-6-11;1-9-7-11(14)8-12(15)13(9)10-5-3-2-4-6-10;13-10-6-9(14)7-11(15)12(10)8-4-2-1-3-5-8;1-3-8-6(2)4-7(10)5-9(8)11;1-2-6-7(9)3-5(10)4-8(6)11/h2-7,9,15-16H,8H2,1H3;7-8,10,14-15H,2-6H2,1H3;6-8,14-15H,1-5H2;4-5,10-11H,3H2,1-2H3;3-4,10-11H,2H2,1H3. The molecule has 0 heterocycles. The molecule has 10 N–H and O–H groups in total. The van der Waals surface area contributed by atoms with Gasteiger partial charge in [-0.1, -0.05) is 82.7 Å². The van der Waals surface area contributed by atoms with Gasteiger partial charge < -0.3 is 51.1 Å². The van der Waals surface area contributed by atoms with Gasteiger partial charge in [0.1, 0.15) is 69.1 Å². The Morgan fingerprint density at radius 2 is 0.765 bits per heavy atom. The van der Waals surface area contributed by atoms with E-state index in [0.717, 1.165) is 89.2 Å². The monoisotopic (exact) mass is 938 g/mol. The average Bonchev–Trinajstić information content (AvgIpc) is 3.26. The minimum Gasteiger partial charge on any atom is -0.508 e. The zero-order chi connectivity index (χ0) is 50.1. The fraction of sp³-hybridized carbons (Fsp3) is 0.357. The lowest BCUT2D eigenvalue weighted by molar-refractivity contribution is 0.392. The van der Waals surface area contributed by atoms with Gasteiger partial charge >= 0.3 is 0 Å². The van der Waals surface area contributed by atoms with Crippen LogP contribution >= 0.6 is 0 Å². The lowest BCUT2D eigenvalue weighted by atomic mass is 9.82. The summed E-state index contributed by atoms with van der Waals surface area (Å²) in [6.45, 7) is 9.42. The van der Waals surface area contributed by atoms with E-state index in [2.05, 4.69) is 0 Å². The Morgan fingerprint density at radius 3 is 1.18 bits per heavy atom. The van der Waals surface area contributed by atoms with Crippen LogP contribution in [0.1, 0.15) is 140 Å². The Morgan fingerprint density at radius 1 is 0.397 bits per heavy atom. The maximum atomic E-state index is 13.6. The number of hydrogen-bond donors (Lipinski definition) is 10. The summed E-state index contributed by atoms with van der Waals surface area (Å²) in [7, 11) is 0. The van der Waals surface area contributed by atoms with Gasteiger partial charge in [0.2, 0.25) is 0 Å². The van der Waals surface area contributed by atoms with Gasteiger partial charge in [0.05, 0.1) is 0 Å². The minimum atomic E-state index is -0.565. The highest BCUT2D eigenvalue weighted by atomic mass is 19.1. The van der Waals surface area contributed by atoms with Crippen LogP contribution < -0.4 is 0 Å². The summed E-state index contributed by atoms with van der Waals surface area (Å²) in [6.07, 6.45) is 13.3. The van der Waals surface area contributed by atoms with Crippen molar-refractivity contribution in [1.29, 1.82) is 0 Å². The molecule has 2 aliphatic rings. The molecule has 0 aromatic heterocycles. The number of rotatable bonds is 6. The third-order valence-corrected chi connectivity index (χ3v) is 12.4. The van der Waals surface area contributed by atoms with E-state index in [4.69, 9.17) is 20.4 Å². The molecule has 0 radical (unpaired) electrons. The number of phenolic OH excluding ortho intramolecular Hbond substituents is 10. The van der Waals surface area contributed by atoms with Crippen LogP contribution in [-0.2, 0) is 19.3 Å². The number of aromatic hydroxyl groups is 10. The van der Waals surface area contributed by atoms with Gasteiger partial charge in [-0.25, -0.2) is 8.78 Å². The summed E-state index contributed by atoms with van der Waals surface area (Å²) >= 11 is 0. The lowest BCUT2D eigenvalue weighted by Gasteiger charge is -2.24. The molecule has 68 heavy (non-hydrogen) atoms. The van der Waals surface area contributed by atoms with E-state index in [1.165, 1.54) is 62.8 Å². The Bertz CT molecular complexity index is 2300. The molecule has 0 saturated heterocycles. The Hall–Kier alpha value is -6.82. The van der Waals surface area contributed by atoms with Gasteiger partial charge in [0, 0.05) is 71.1 Å². The van der Waals surface area contributed by atoms with Crippen LogP contribution in [0.2, 0.25) is 0 Å². The first-order valence-corrected chi connectivity index (χ1v) is 23.3. The normalized spacial score (nSPS) is 13.6. The molecule has 8 rings (SSSR count). The highest BCUT2D eigenvalue weighted by Crippen LogP contribution is 2.42. The molecule has 0 bridgehead atoms. The summed E-state index contributed by atoms with van der Waals surface area (Å²) in [5, 5.41) is 93.3. The van der Waals surface area contributed by atoms with Crippen molar-refractivity contribution in [2.75, 3.05) is 0 Å². The summed E-state index contributed by atoms with van der Waals surface area (Å²) in [4.78, 5) is 0. The molecule has 0 amide bonds. The first-order chi connectivity index (χ1) is 32.3. The van der Waals surface area contributed by atoms with Crippen LogP contribution in [0, 0.1) is 32.4 Å². The molecule has 6 aromatic rings. The Balaban J connectivity index is 0.000000187. The zero-order valence-electron chi connectivity index (χ0n) is 39.7. The van der Waals surface area contributed by atoms with Gasteiger partial charge in [0.15, 0.2) is 0 Å². The molecule has 12 heteroatoms. The molecule has 0 atom stereocenters. The first-order valence-electron chi connectivity index (χ1n) is 23.3. The number of benzene rings is 6. The molecule has 2 saturated carbocycles. The van der Waals surface area contributed by atoms with Crippen LogP contribution in [0.3, 0.4) is 0 Å². The van der Waals surface area contributed by atoms with Gasteiger partial charge in [-0.2, -0.15) is 0 Å². The molecule has 10 nitrogen and oxygen atoms in total. The molecule has 2 aliphatic carbocycles. The van der Waals surface area contributed by atoms with E-state index in [9.17, 15) is 39.4 Å². The van der Waals surface area contributed by atoms with Crippen molar-refractivity contribution in [2.45, 2.75) is 130 Å². The fourth-order valence-electron chi connectivity index (χ4n) is 9.08. The van der Waals surface area contributed by atoms with E-state index >= 15 is 0 Å². The van der Waals surface area contributed by atoms with Crippen molar-refractivity contribution in [3.05, 3.63) is 153 Å². The predicted octanol–water partition coefficient (Wildman–Crippen LogP) is 13.5. The summed E-state index contributed by atoms with van der Waals surface area (Å²) < 4.78 is 26.4. The molecule has 6 aromatic carbocycles. The number of halogens is 2. The first kappa shape index (κ1) is 53.8. The van der Waals surface area contributed by atoms with Crippen molar-refractivity contribution in [2.24, 2.45) is 0 Å². The highest BCUT2D eigenvalue weighted by molar-refractivity contribution is 5.49. The third-order valence-electron chi connectivity index (χ3n) is 12.4. The van der Waals surface area contributed by atoms with Crippen molar-refractivity contribution in [1.82, 2.24) is 0 Å². The largest absolute Gasteiger partial charge is 0.508 e. The number of hydrogen-bond acceptors (Lipinski definition) is 10. The number of phenols is 10. The molecular weight excluding hydrogens is 871 g/mol. The molecule has 0 unspecified atom stereocenters. The minimum absolute atomic E-state index is 0.104. The van der Waals surface area contributed by atoms with E-state index in [1.807, 2.05) is 58.0 Å². The zero-order valence-corrected chi connectivity index (χ0v) is 39.7. The summed E-state index contributed by atoms with van der Waals surface area (Å²) in [5.41, 5.74) is 7.44. The van der Waals surface area contributed by atoms with E-state index in [0.29, 0.717) is 24.3 Å². The van der Waals surface area contributed by atoms with Crippen molar-refractivity contribution >= 4 is 0 Å². The second-order valence-electron chi connectivity index (χ2n) is 17.5.